The first-order chi connectivity index (χ1) is 9.20. The Morgan fingerprint density at radius 2 is 2.42 bits per heavy atom. The van der Waals surface area contributed by atoms with Gasteiger partial charge in [-0.25, -0.2) is 0 Å². The summed E-state index contributed by atoms with van der Waals surface area (Å²) in [4.78, 5) is 12.2. The lowest BCUT2D eigenvalue weighted by atomic mass is 10.1. The van der Waals surface area contributed by atoms with Gasteiger partial charge in [-0.3, -0.25) is 4.79 Å². The van der Waals surface area contributed by atoms with E-state index in [-0.39, 0.29) is 18.1 Å². The van der Waals surface area contributed by atoms with Crippen molar-refractivity contribution in [2.75, 3.05) is 13.7 Å². The summed E-state index contributed by atoms with van der Waals surface area (Å²) in [6.45, 7) is 3.31. The molecule has 1 aromatic carbocycles. The van der Waals surface area contributed by atoms with E-state index >= 15 is 0 Å². The van der Waals surface area contributed by atoms with Crippen LogP contribution in [-0.4, -0.2) is 31.8 Å². The predicted molar refractivity (Wildman–Crippen MR) is 73.1 cm³/mol. The number of hydrogen-bond acceptors (Lipinski definition) is 3. The highest BCUT2D eigenvalue weighted by Crippen LogP contribution is 2.16. The van der Waals surface area contributed by atoms with Crippen molar-refractivity contribution in [1.29, 1.82) is 0 Å². The Morgan fingerprint density at radius 3 is 3.11 bits per heavy atom. The molecule has 2 atom stereocenters. The molecule has 0 saturated carbocycles. The minimum atomic E-state index is -0.0547. The lowest BCUT2D eigenvalue weighted by molar-refractivity contribution is 0.0712. The van der Waals surface area contributed by atoms with Crippen LogP contribution in [0.15, 0.2) is 24.3 Å². The van der Waals surface area contributed by atoms with Gasteiger partial charge in [0.25, 0.3) is 5.91 Å². The van der Waals surface area contributed by atoms with Crippen molar-refractivity contribution in [2.24, 2.45) is 0 Å². The molecule has 0 aromatic heterocycles. The predicted octanol–water partition coefficient (Wildman–Crippen LogP) is 2.13. The van der Waals surface area contributed by atoms with E-state index in [4.69, 9.17) is 9.47 Å². The van der Waals surface area contributed by atoms with E-state index in [0.717, 1.165) is 25.0 Å². The van der Waals surface area contributed by atoms with Crippen LogP contribution in [0.2, 0.25) is 0 Å². The van der Waals surface area contributed by atoms with Crippen LogP contribution in [0.5, 0.6) is 0 Å². The molecule has 1 fully saturated rings. The zero-order chi connectivity index (χ0) is 13.7. The van der Waals surface area contributed by atoms with Crippen LogP contribution in [-0.2, 0) is 16.1 Å². The van der Waals surface area contributed by atoms with Crippen LogP contribution >= 0.6 is 0 Å². The molecule has 4 heteroatoms. The molecule has 1 aromatic rings. The second-order valence-corrected chi connectivity index (χ2v) is 4.95. The molecular weight excluding hydrogens is 242 g/mol. The maximum atomic E-state index is 12.2. The molecule has 104 valence electrons. The topological polar surface area (TPSA) is 47.6 Å². The van der Waals surface area contributed by atoms with E-state index < -0.39 is 0 Å². The zero-order valence-electron chi connectivity index (χ0n) is 11.5. The average Bonchev–Trinajstić information content (AvgIpc) is 2.93. The van der Waals surface area contributed by atoms with Gasteiger partial charge in [-0.05, 0) is 37.5 Å². The monoisotopic (exact) mass is 263 g/mol. The van der Waals surface area contributed by atoms with Crippen LogP contribution in [0.1, 0.15) is 35.7 Å². The summed E-state index contributed by atoms with van der Waals surface area (Å²) in [6, 6.07) is 7.54. The molecule has 0 bridgehead atoms. The third-order valence-corrected chi connectivity index (χ3v) is 3.38. The summed E-state index contributed by atoms with van der Waals surface area (Å²) >= 11 is 0. The van der Waals surface area contributed by atoms with E-state index in [1.54, 1.807) is 7.11 Å². The second kappa shape index (κ2) is 6.68. The number of carbonyl (C=O) groups is 1. The minimum Gasteiger partial charge on any atom is -0.380 e. The molecule has 1 saturated heterocycles. The Bertz CT molecular complexity index is 427. The average molecular weight is 263 g/mol. The Hall–Kier alpha value is -1.39. The van der Waals surface area contributed by atoms with E-state index in [0.29, 0.717) is 12.2 Å². The van der Waals surface area contributed by atoms with Crippen molar-refractivity contribution in [1.82, 2.24) is 5.32 Å². The first-order valence-corrected chi connectivity index (χ1v) is 6.71. The largest absolute Gasteiger partial charge is 0.380 e. The number of amides is 1. The van der Waals surface area contributed by atoms with E-state index in [1.165, 1.54) is 0 Å². The van der Waals surface area contributed by atoms with Crippen LogP contribution in [0.4, 0.5) is 0 Å². The fourth-order valence-electron chi connectivity index (χ4n) is 2.35. The Balaban J connectivity index is 1.96. The number of ether oxygens (including phenoxy) is 2. The highest BCUT2D eigenvalue weighted by molar-refractivity contribution is 5.94. The summed E-state index contributed by atoms with van der Waals surface area (Å²) < 4.78 is 10.7. The van der Waals surface area contributed by atoms with Gasteiger partial charge < -0.3 is 14.8 Å². The van der Waals surface area contributed by atoms with E-state index in [9.17, 15) is 4.79 Å². The van der Waals surface area contributed by atoms with E-state index in [2.05, 4.69) is 5.32 Å². The fraction of sp³-hybridized carbons (Fsp3) is 0.533. The highest BCUT2D eigenvalue weighted by Gasteiger charge is 2.23. The standard InChI is InChI=1S/C15H21NO3/c1-11(14-7-4-8-19-14)16-15(17)13-6-3-5-12(9-13)10-18-2/h3,5-6,9,11,14H,4,7-8,10H2,1-2H3,(H,16,17)/t11-,14+/m0/s1. The second-order valence-electron chi connectivity index (χ2n) is 4.95. The highest BCUT2D eigenvalue weighted by atomic mass is 16.5. The first kappa shape index (κ1) is 14.0. The fourth-order valence-corrected chi connectivity index (χ4v) is 2.35. The van der Waals surface area contributed by atoms with Gasteiger partial charge in [0.05, 0.1) is 18.8 Å². The molecular formula is C15H21NO3. The van der Waals surface area contributed by atoms with Crippen LogP contribution in [0.3, 0.4) is 0 Å². The third-order valence-electron chi connectivity index (χ3n) is 3.38. The third kappa shape index (κ3) is 3.78. The van der Waals surface area contributed by atoms with Gasteiger partial charge in [0.1, 0.15) is 0 Å². The molecule has 0 radical (unpaired) electrons. The van der Waals surface area contributed by atoms with Gasteiger partial charge in [0.15, 0.2) is 0 Å². The van der Waals surface area contributed by atoms with Crippen molar-refractivity contribution >= 4 is 5.91 Å². The van der Waals surface area contributed by atoms with Crippen LogP contribution < -0.4 is 5.32 Å². The number of carbonyl (C=O) groups excluding carboxylic acids is 1. The lowest BCUT2D eigenvalue weighted by Crippen LogP contribution is -2.40. The molecule has 2 rings (SSSR count). The maximum Gasteiger partial charge on any atom is 0.251 e. The summed E-state index contributed by atoms with van der Waals surface area (Å²) in [5.74, 6) is -0.0547. The summed E-state index contributed by atoms with van der Waals surface area (Å²) in [6.07, 6.45) is 2.24. The van der Waals surface area contributed by atoms with Gasteiger partial charge in [-0.2, -0.15) is 0 Å². The Labute approximate surface area is 114 Å². The Morgan fingerprint density at radius 1 is 1.58 bits per heavy atom. The molecule has 0 unspecified atom stereocenters. The zero-order valence-corrected chi connectivity index (χ0v) is 11.5. The molecule has 1 heterocycles. The number of benzene rings is 1. The normalized spacial score (nSPS) is 20.2. The molecule has 1 amide bonds. The van der Waals surface area contributed by atoms with Gasteiger partial charge in [-0.15, -0.1) is 0 Å². The van der Waals surface area contributed by atoms with Gasteiger partial charge in [0.2, 0.25) is 0 Å². The summed E-state index contributed by atoms with van der Waals surface area (Å²) in [5, 5.41) is 3.00. The quantitative estimate of drug-likeness (QED) is 0.885. The minimum absolute atomic E-state index is 0.0427. The van der Waals surface area contributed by atoms with E-state index in [1.807, 2.05) is 31.2 Å². The first-order valence-electron chi connectivity index (χ1n) is 6.71. The molecule has 0 aliphatic carbocycles. The van der Waals surface area contributed by atoms with Gasteiger partial charge >= 0.3 is 0 Å². The number of nitrogens with one attached hydrogen (secondary N) is 1. The smallest absolute Gasteiger partial charge is 0.251 e. The number of rotatable bonds is 5. The van der Waals surface area contributed by atoms with Crippen molar-refractivity contribution < 1.29 is 14.3 Å². The molecule has 1 aliphatic rings. The number of methoxy groups -OCH3 is 1. The van der Waals surface area contributed by atoms with Gasteiger partial charge in [0, 0.05) is 19.3 Å². The van der Waals surface area contributed by atoms with Crippen molar-refractivity contribution in [3.05, 3.63) is 35.4 Å². The van der Waals surface area contributed by atoms with Crippen LogP contribution in [0, 0.1) is 0 Å². The van der Waals surface area contributed by atoms with Gasteiger partial charge in [-0.1, -0.05) is 12.1 Å². The van der Waals surface area contributed by atoms with Crippen molar-refractivity contribution in [3.8, 4) is 0 Å². The summed E-state index contributed by atoms with van der Waals surface area (Å²) in [5.41, 5.74) is 1.67. The van der Waals surface area contributed by atoms with Crippen molar-refractivity contribution in [3.63, 3.8) is 0 Å². The lowest BCUT2D eigenvalue weighted by Gasteiger charge is -2.20. The number of hydrogen-bond donors (Lipinski definition) is 1. The summed E-state index contributed by atoms with van der Waals surface area (Å²) in [7, 11) is 1.65. The molecule has 4 nitrogen and oxygen atoms in total. The molecule has 1 N–H and O–H groups in total. The Kier molecular flexibility index (Phi) is 4.93. The van der Waals surface area contributed by atoms with Crippen molar-refractivity contribution in [2.45, 2.75) is 38.5 Å². The molecule has 1 aliphatic heterocycles. The molecule has 0 spiro atoms. The molecule has 19 heavy (non-hydrogen) atoms. The SMILES string of the molecule is COCc1cccc(C(=O)N[C@@H](C)[C@H]2CCCO2)c1. The van der Waals surface area contributed by atoms with Crippen LogP contribution in [0.25, 0.3) is 0 Å². The maximum absolute atomic E-state index is 12.2.